The van der Waals surface area contributed by atoms with Crippen molar-refractivity contribution in [2.24, 2.45) is 0 Å². The summed E-state index contributed by atoms with van der Waals surface area (Å²) in [6, 6.07) is 3.96. The second-order valence-electron chi connectivity index (χ2n) is 3.32. The molecule has 0 saturated heterocycles. The molecule has 104 valence electrons. The fourth-order valence-corrected chi connectivity index (χ4v) is 2.89. The monoisotopic (exact) mass is 350 g/mol. The van der Waals surface area contributed by atoms with Gasteiger partial charge in [-0.15, -0.1) is 0 Å². The highest BCUT2D eigenvalue weighted by atomic mass is 35.5. The van der Waals surface area contributed by atoms with Crippen LogP contribution in [0.15, 0.2) is 29.3 Å². The van der Waals surface area contributed by atoms with Gasteiger partial charge in [-0.2, -0.15) is 22.7 Å². The number of alkyl halides is 6. The molecule has 0 fully saturated rings. The minimum atomic E-state index is -4.36. The van der Waals surface area contributed by atoms with Crippen molar-refractivity contribution in [3.05, 3.63) is 24.4 Å². The highest BCUT2D eigenvalue weighted by molar-refractivity contribution is 8.01. The van der Waals surface area contributed by atoms with Crippen molar-refractivity contribution in [1.82, 2.24) is 9.19 Å². The third kappa shape index (κ3) is 4.34. The van der Waals surface area contributed by atoms with Crippen LogP contribution in [0.25, 0.3) is 10.9 Å². The molecule has 0 aliphatic carbocycles. The summed E-state index contributed by atoms with van der Waals surface area (Å²) in [5.41, 5.74) is -3.95. The van der Waals surface area contributed by atoms with Crippen LogP contribution in [0.4, 0.5) is 17.6 Å². The second-order valence-corrected chi connectivity index (χ2v) is 7.24. The summed E-state index contributed by atoms with van der Waals surface area (Å²) in [6.45, 7) is 0. The number of hydrogen-bond donors (Lipinski definition) is 0. The first-order chi connectivity index (χ1) is 8.64. The molecule has 10 heteroatoms. The van der Waals surface area contributed by atoms with Gasteiger partial charge in [0.05, 0.1) is 23.7 Å². The lowest BCUT2D eigenvalue weighted by Crippen LogP contribution is -2.02. The Morgan fingerprint density at radius 3 is 2.42 bits per heavy atom. The molecule has 0 unspecified atom stereocenters. The molecule has 1 aromatic heterocycles. The van der Waals surface area contributed by atoms with E-state index in [1.165, 1.54) is 24.4 Å². The van der Waals surface area contributed by atoms with Crippen LogP contribution in [-0.2, 0) is 0 Å². The van der Waals surface area contributed by atoms with E-state index in [4.69, 9.17) is 23.2 Å². The number of benzene rings is 1. The number of thioether (sulfide) groups is 1. The van der Waals surface area contributed by atoms with Gasteiger partial charge in [0.15, 0.2) is 0 Å². The molecule has 2 rings (SSSR count). The Labute approximate surface area is 123 Å². The first-order valence-electron chi connectivity index (χ1n) is 4.64. The fourth-order valence-electron chi connectivity index (χ4n) is 1.35. The van der Waals surface area contributed by atoms with Gasteiger partial charge in [0.2, 0.25) is 0 Å². The van der Waals surface area contributed by atoms with Crippen molar-refractivity contribution >= 4 is 57.8 Å². The van der Waals surface area contributed by atoms with Crippen molar-refractivity contribution in [3.63, 3.8) is 0 Å². The lowest BCUT2D eigenvalue weighted by Gasteiger charge is -2.09. The van der Waals surface area contributed by atoms with Gasteiger partial charge in [0, 0.05) is 10.3 Å². The van der Waals surface area contributed by atoms with Crippen LogP contribution in [0.2, 0.25) is 0 Å². The third-order valence-corrected chi connectivity index (χ3v) is 3.74. The van der Waals surface area contributed by atoms with Crippen molar-refractivity contribution in [2.75, 3.05) is 0 Å². The van der Waals surface area contributed by atoms with E-state index in [1.54, 1.807) is 0 Å². The minimum Gasteiger partial charge on any atom is -0.201 e. The molecular weight excluding hydrogens is 347 g/mol. The molecule has 2 nitrogen and oxygen atoms in total. The van der Waals surface area contributed by atoms with E-state index in [9.17, 15) is 17.6 Å². The summed E-state index contributed by atoms with van der Waals surface area (Å²) < 4.78 is 48.3. The Bertz CT molecular complexity index is 594. The predicted molar refractivity (Wildman–Crippen MR) is 70.2 cm³/mol. The van der Waals surface area contributed by atoms with Crippen molar-refractivity contribution in [3.8, 4) is 0 Å². The topological polar surface area (TPSA) is 17.8 Å². The highest BCUT2D eigenvalue weighted by Gasteiger charge is 2.30. The van der Waals surface area contributed by atoms with Gasteiger partial charge in [-0.05, 0) is 30.0 Å². The molecule has 0 amide bonds. The zero-order chi connectivity index (χ0) is 14.3. The van der Waals surface area contributed by atoms with E-state index in [-0.39, 0.29) is 16.7 Å². The summed E-state index contributed by atoms with van der Waals surface area (Å²) in [7, 11) is 0. The summed E-state index contributed by atoms with van der Waals surface area (Å²) in [6.07, 6.45) is 1.31. The Morgan fingerprint density at radius 2 is 1.84 bits per heavy atom. The molecule has 0 aliphatic rings. The quantitative estimate of drug-likeness (QED) is 0.430. The molecule has 0 aliphatic heterocycles. The molecule has 0 bridgehead atoms. The molecular formula is C9H4Cl2F4N2S2. The Hall–Kier alpha value is -0.310. The maximum Gasteiger partial charge on any atom is 0.446 e. The smallest absolute Gasteiger partial charge is 0.201 e. The average molecular weight is 351 g/mol. The largest absolute Gasteiger partial charge is 0.446 e. The Kier molecular flexibility index (Phi) is 4.15. The molecule has 0 saturated carbocycles. The van der Waals surface area contributed by atoms with Crippen LogP contribution in [0.1, 0.15) is 0 Å². The Morgan fingerprint density at radius 1 is 1.16 bits per heavy atom. The van der Waals surface area contributed by atoms with Crippen LogP contribution >= 0.6 is 46.9 Å². The maximum atomic E-state index is 13.1. The lowest BCUT2D eigenvalue weighted by molar-refractivity contribution is -0.0328. The molecule has 2 aromatic rings. The van der Waals surface area contributed by atoms with Gasteiger partial charge >= 0.3 is 9.43 Å². The van der Waals surface area contributed by atoms with Gasteiger partial charge < -0.3 is 0 Å². The van der Waals surface area contributed by atoms with Crippen molar-refractivity contribution < 1.29 is 17.6 Å². The van der Waals surface area contributed by atoms with E-state index in [1.807, 2.05) is 0 Å². The summed E-state index contributed by atoms with van der Waals surface area (Å²) in [5, 5.41) is 4.23. The van der Waals surface area contributed by atoms with Crippen LogP contribution in [0.5, 0.6) is 0 Å². The number of nitrogens with zero attached hydrogens (tertiary/aromatic N) is 2. The normalized spacial score (nSPS) is 13.2. The van der Waals surface area contributed by atoms with Crippen LogP contribution in [-0.4, -0.2) is 18.6 Å². The van der Waals surface area contributed by atoms with E-state index >= 15 is 0 Å². The number of fused-ring (bicyclic) bond motifs is 1. The zero-order valence-electron chi connectivity index (χ0n) is 8.79. The second kappa shape index (κ2) is 5.23. The summed E-state index contributed by atoms with van der Waals surface area (Å²) >= 11 is 10.5. The van der Waals surface area contributed by atoms with E-state index in [0.29, 0.717) is 22.9 Å². The average Bonchev–Trinajstić information content (AvgIpc) is 2.56. The molecule has 1 aromatic carbocycles. The van der Waals surface area contributed by atoms with Crippen molar-refractivity contribution in [1.29, 1.82) is 0 Å². The molecule has 0 radical (unpaired) electrons. The lowest BCUT2D eigenvalue weighted by atomic mass is 10.3. The molecule has 0 N–H and O–H groups in total. The zero-order valence-corrected chi connectivity index (χ0v) is 11.9. The molecule has 19 heavy (non-hydrogen) atoms. The first-order valence-corrected chi connectivity index (χ1v) is 6.98. The maximum absolute atomic E-state index is 13.1. The fraction of sp³-hybridized carbons (Fsp3) is 0.222. The molecule has 0 atom stereocenters. The number of rotatable bonds is 3. The van der Waals surface area contributed by atoms with Crippen molar-refractivity contribution in [2.45, 2.75) is 14.3 Å². The number of aromatic nitrogens is 2. The third-order valence-electron chi connectivity index (χ3n) is 1.93. The van der Waals surface area contributed by atoms with Gasteiger partial charge in [-0.25, -0.2) is 4.09 Å². The number of hydrogen-bond acceptors (Lipinski definition) is 3. The van der Waals surface area contributed by atoms with Crippen LogP contribution in [0, 0.1) is 0 Å². The molecule has 1 heterocycles. The Balaban J connectivity index is 2.32. The van der Waals surface area contributed by atoms with Gasteiger partial charge in [0.25, 0.3) is 0 Å². The van der Waals surface area contributed by atoms with E-state index in [2.05, 4.69) is 5.10 Å². The van der Waals surface area contributed by atoms with Crippen LogP contribution in [0.3, 0.4) is 0 Å². The van der Waals surface area contributed by atoms with Crippen LogP contribution < -0.4 is 0 Å². The first kappa shape index (κ1) is 15.1. The highest BCUT2D eigenvalue weighted by Crippen LogP contribution is 2.40. The SMILES string of the molecule is FC(F)(F)Sc1ccc2c(cnn2SC(F)(Cl)Cl)c1. The summed E-state index contributed by atoms with van der Waals surface area (Å²) in [5.74, 6) is 0. The molecule has 0 spiro atoms. The van der Waals surface area contributed by atoms with Gasteiger partial charge in [0.1, 0.15) is 0 Å². The van der Waals surface area contributed by atoms with E-state index in [0.717, 1.165) is 4.09 Å². The van der Waals surface area contributed by atoms with Gasteiger partial charge in [-0.3, -0.25) is 0 Å². The predicted octanol–water partition coefficient (Wildman–Crippen LogP) is 5.20. The van der Waals surface area contributed by atoms with E-state index < -0.39 is 9.43 Å². The summed E-state index contributed by atoms with van der Waals surface area (Å²) in [4.78, 5) is 0.0211. The minimum absolute atomic E-state index is 0.0211. The standard InChI is InChI=1S/C9H4Cl2F4N2S2/c10-8(11,12)19-17-7-2-1-6(18-9(13,14)15)3-5(7)4-16-17/h1-4H. The van der Waals surface area contributed by atoms with Gasteiger partial charge in [-0.1, -0.05) is 23.2 Å². The number of halogens is 6.